The third-order valence-electron chi connectivity index (χ3n) is 8.99. The van der Waals surface area contributed by atoms with Crippen LogP contribution in [0.25, 0.3) is 0 Å². The van der Waals surface area contributed by atoms with Crippen molar-refractivity contribution in [2.45, 2.75) is 83.9 Å². The molecule has 0 aromatic carbocycles. The van der Waals surface area contributed by atoms with E-state index in [-0.39, 0.29) is 24.2 Å². The van der Waals surface area contributed by atoms with Crippen molar-refractivity contribution in [2.75, 3.05) is 0 Å². The van der Waals surface area contributed by atoms with Crippen LogP contribution >= 0.6 is 0 Å². The fraction of sp³-hybridized carbons (Fsp3) is 0.864. The molecule has 0 radical (unpaired) electrons. The number of ether oxygens (including phenoxy) is 1. The van der Waals surface area contributed by atoms with Crippen LogP contribution in [-0.2, 0) is 9.53 Å². The SMILES string of the molecule is C=C1C2CC(O)C3C(C2)(CC(O)C2C(C)(C)C(OC(C)=O)CC(O)C23C)C1O. The lowest BCUT2D eigenvalue weighted by molar-refractivity contribution is -0.289. The van der Waals surface area contributed by atoms with Crippen molar-refractivity contribution in [3.63, 3.8) is 0 Å². The summed E-state index contributed by atoms with van der Waals surface area (Å²) in [5, 5.41) is 44.9. The predicted molar refractivity (Wildman–Crippen MR) is 102 cm³/mol. The number of aliphatic hydroxyl groups excluding tert-OH is 4. The molecule has 0 amide bonds. The number of rotatable bonds is 1. The fourth-order valence-corrected chi connectivity index (χ4v) is 8.18. The first-order chi connectivity index (χ1) is 12.9. The number of carbonyl (C=O) groups is 1. The fourth-order valence-electron chi connectivity index (χ4n) is 8.18. The van der Waals surface area contributed by atoms with Crippen molar-refractivity contribution in [3.05, 3.63) is 12.2 Å². The quantitative estimate of drug-likeness (QED) is 0.396. The molecule has 158 valence electrons. The average Bonchev–Trinajstić information content (AvgIpc) is 2.73. The molecule has 4 N–H and O–H groups in total. The van der Waals surface area contributed by atoms with Crippen molar-refractivity contribution in [2.24, 2.45) is 34.0 Å². The minimum absolute atomic E-state index is 0.0520. The van der Waals surface area contributed by atoms with E-state index in [1.165, 1.54) is 6.92 Å². The lowest BCUT2D eigenvalue weighted by Crippen LogP contribution is -2.72. The van der Waals surface area contributed by atoms with Gasteiger partial charge in [0, 0.05) is 41.4 Å². The summed E-state index contributed by atoms with van der Waals surface area (Å²) in [5.74, 6) is -1.09. The highest BCUT2D eigenvalue weighted by molar-refractivity contribution is 5.66. The molecule has 2 bridgehead atoms. The van der Waals surface area contributed by atoms with Crippen LogP contribution in [0.15, 0.2) is 12.2 Å². The molecule has 10 unspecified atom stereocenters. The molecule has 4 aliphatic carbocycles. The van der Waals surface area contributed by atoms with Crippen LogP contribution < -0.4 is 0 Å². The Labute approximate surface area is 166 Å². The monoisotopic (exact) mass is 394 g/mol. The summed E-state index contributed by atoms with van der Waals surface area (Å²) in [7, 11) is 0. The zero-order valence-electron chi connectivity index (χ0n) is 17.3. The van der Waals surface area contributed by atoms with Crippen LogP contribution in [0.5, 0.6) is 0 Å². The number of aliphatic hydroxyl groups is 4. The molecule has 4 fully saturated rings. The van der Waals surface area contributed by atoms with Gasteiger partial charge in [0.2, 0.25) is 0 Å². The first kappa shape index (κ1) is 20.3. The van der Waals surface area contributed by atoms with E-state index < -0.39 is 52.7 Å². The summed E-state index contributed by atoms with van der Waals surface area (Å²) in [6.45, 7) is 11.3. The van der Waals surface area contributed by atoms with E-state index >= 15 is 0 Å². The minimum Gasteiger partial charge on any atom is -0.462 e. The summed E-state index contributed by atoms with van der Waals surface area (Å²) < 4.78 is 5.54. The smallest absolute Gasteiger partial charge is 0.302 e. The third kappa shape index (κ3) is 2.32. The molecule has 28 heavy (non-hydrogen) atoms. The van der Waals surface area contributed by atoms with Gasteiger partial charge in [0.1, 0.15) is 6.10 Å². The largest absolute Gasteiger partial charge is 0.462 e. The predicted octanol–water partition coefficient (Wildman–Crippen LogP) is 1.40. The Kier molecular flexibility index (Phi) is 4.38. The Morgan fingerprint density at radius 2 is 1.68 bits per heavy atom. The highest BCUT2D eigenvalue weighted by Crippen LogP contribution is 2.72. The lowest BCUT2D eigenvalue weighted by Gasteiger charge is -2.68. The van der Waals surface area contributed by atoms with Gasteiger partial charge >= 0.3 is 5.97 Å². The van der Waals surface area contributed by atoms with Gasteiger partial charge in [-0.2, -0.15) is 0 Å². The molecule has 0 aromatic heterocycles. The number of carbonyl (C=O) groups excluding carboxylic acids is 1. The Hall–Kier alpha value is -0.950. The van der Waals surface area contributed by atoms with E-state index in [9.17, 15) is 25.2 Å². The average molecular weight is 395 g/mol. The lowest BCUT2D eigenvalue weighted by atomic mass is 9.38. The molecule has 0 aliphatic heterocycles. The molecular weight excluding hydrogens is 360 g/mol. The van der Waals surface area contributed by atoms with E-state index in [4.69, 9.17) is 4.74 Å². The maximum absolute atomic E-state index is 11.6. The Bertz CT molecular complexity index is 703. The summed E-state index contributed by atoms with van der Waals surface area (Å²) in [4.78, 5) is 11.6. The minimum atomic E-state index is -0.862. The molecular formula is C22H34O6. The van der Waals surface area contributed by atoms with E-state index in [0.29, 0.717) is 19.3 Å². The van der Waals surface area contributed by atoms with Gasteiger partial charge in [0.25, 0.3) is 0 Å². The van der Waals surface area contributed by atoms with Crippen molar-refractivity contribution < 1.29 is 30.0 Å². The molecule has 0 aromatic rings. The third-order valence-corrected chi connectivity index (χ3v) is 8.99. The summed E-state index contributed by atoms with van der Waals surface area (Å²) in [6, 6.07) is 0. The van der Waals surface area contributed by atoms with Crippen molar-refractivity contribution in [3.8, 4) is 0 Å². The van der Waals surface area contributed by atoms with Crippen molar-refractivity contribution in [1.82, 2.24) is 0 Å². The summed E-state index contributed by atoms with van der Waals surface area (Å²) >= 11 is 0. The number of hydrogen-bond acceptors (Lipinski definition) is 6. The first-order valence-corrected chi connectivity index (χ1v) is 10.5. The highest BCUT2D eigenvalue weighted by atomic mass is 16.5. The van der Waals surface area contributed by atoms with E-state index in [1.807, 2.05) is 20.8 Å². The number of esters is 1. The summed E-state index contributed by atoms with van der Waals surface area (Å²) in [6.07, 6.45) is -1.79. The van der Waals surface area contributed by atoms with E-state index in [0.717, 1.165) is 5.57 Å². The van der Waals surface area contributed by atoms with E-state index in [2.05, 4.69) is 6.58 Å². The van der Waals surface area contributed by atoms with Crippen LogP contribution in [-0.4, -0.2) is 56.9 Å². The second-order valence-electron chi connectivity index (χ2n) is 10.7. The number of hydrogen-bond donors (Lipinski definition) is 4. The van der Waals surface area contributed by atoms with Gasteiger partial charge in [0.05, 0.1) is 24.4 Å². The van der Waals surface area contributed by atoms with Crippen LogP contribution in [0.1, 0.15) is 53.4 Å². The molecule has 0 heterocycles. The zero-order valence-corrected chi connectivity index (χ0v) is 17.3. The highest BCUT2D eigenvalue weighted by Gasteiger charge is 2.74. The molecule has 10 atom stereocenters. The van der Waals surface area contributed by atoms with Gasteiger partial charge in [-0.05, 0) is 30.8 Å². The Morgan fingerprint density at radius 3 is 2.29 bits per heavy atom. The van der Waals surface area contributed by atoms with Crippen LogP contribution in [0.4, 0.5) is 0 Å². The van der Waals surface area contributed by atoms with Gasteiger partial charge in [-0.1, -0.05) is 27.4 Å². The molecule has 1 spiro atoms. The molecule has 6 heteroatoms. The van der Waals surface area contributed by atoms with Crippen LogP contribution in [0.3, 0.4) is 0 Å². The number of fused-ring (bicyclic) bond motifs is 3. The van der Waals surface area contributed by atoms with Gasteiger partial charge in [-0.3, -0.25) is 4.79 Å². The van der Waals surface area contributed by atoms with Gasteiger partial charge in [-0.15, -0.1) is 0 Å². The molecule has 4 rings (SSSR count). The van der Waals surface area contributed by atoms with Crippen LogP contribution in [0, 0.1) is 34.0 Å². The maximum Gasteiger partial charge on any atom is 0.302 e. The van der Waals surface area contributed by atoms with Gasteiger partial charge < -0.3 is 25.2 Å². The van der Waals surface area contributed by atoms with Crippen molar-refractivity contribution >= 4 is 5.97 Å². The van der Waals surface area contributed by atoms with E-state index in [1.54, 1.807) is 0 Å². The molecule has 4 saturated carbocycles. The normalized spacial score (nSPS) is 54.6. The molecule has 0 saturated heterocycles. The Balaban J connectivity index is 1.84. The van der Waals surface area contributed by atoms with Crippen molar-refractivity contribution in [1.29, 1.82) is 0 Å². The zero-order chi connectivity index (χ0) is 20.8. The standard InChI is InChI=1S/C22H34O6/c1-10-12-6-13(24)18-21(5)15(26)7-16(28-11(2)23)20(3,4)17(21)14(25)9-22(18,8-12)19(10)27/h12-19,24-27H,1,6-9H2,2-5H3. The topological polar surface area (TPSA) is 107 Å². The second-order valence-corrected chi connectivity index (χ2v) is 10.7. The van der Waals surface area contributed by atoms with Crippen LogP contribution in [0.2, 0.25) is 0 Å². The van der Waals surface area contributed by atoms with Gasteiger partial charge in [0.15, 0.2) is 0 Å². The van der Waals surface area contributed by atoms with Gasteiger partial charge in [-0.25, -0.2) is 0 Å². The summed E-state index contributed by atoms with van der Waals surface area (Å²) in [5.41, 5.74) is -1.32. The second kappa shape index (κ2) is 6.03. The molecule has 4 aliphatic rings. The first-order valence-electron chi connectivity index (χ1n) is 10.5. The maximum atomic E-state index is 11.6. The Morgan fingerprint density at radius 1 is 1.04 bits per heavy atom. The molecule has 6 nitrogen and oxygen atoms in total.